The van der Waals surface area contributed by atoms with E-state index in [4.69, 9.17) is 4.74 Å². The van der Waals surface area contributed by atoms with Crippen molar-refractivity contribution in [1.82, 2.24) is 9.78 Å². The van der Waals surface area contributed by atoms with Gasteiger partial charge in [0.1, 0.15) is 0 Å². The van der Waals surface area contributed by atoms with Crippen molar-refractivity contribution < 1.29 is 30.5 Å². The molecule has 0 aliphatic rings. The summed E-state index contributed by atoms with van der Waals surface area (Å²) in [4.78, 5) is 0. The molecule has 0 aliphatic carbocycles. The standard InChI is InChI=1S/C12H19F3N2O4S/c1-3-4-7-20-8-5-6-17-11(9-10(2)16-17)21-22(18,19)12(13,14)15/h9H,3-8H2,1-2H3. The molecule has 0 bridgehead atoms. The summed E-state index contributed by atoms with van der Waals surface area (Å²) >= 11 is 0. The highest BCUT2D eigenvalue weighted by atomic mass is 32.2. The maximum Gasteiger partial charge on any atom is 0.534 e. The van der Waals surface area contributed by atoms with E-state index in [-0.39, 0.29) is 6.54 Å². The Morgan fingerprint density at radius 2 is 1.91 bits per heavy atom. The number of unbranched alkanes of at least 4 members (excludes halogenated alkanes) is 1. The normalized spacial score (nSPS) is 12.6. The average Bonchev–Trinajstić information content (AvgIpc) is 2.72. The van der Waals surface area contributed by atoms with E-state index in [2.05, 4.69) is 9.28 Å². The lowest BCUT2D eigenvalue weighted by atomic mass is 10.4. The molecule has 10 heteroatoms. The maximum absolute atomic E-state index is 12.3. The first-order valence-electron chi connectivity index (χ1n) is 6.80. The zero-order valence-corrected chi connectivity index (χ0v) is 13.2. The molecule has 0 N–H and O–H groups in total. The Kier molecular flexibility index (Phi) is 6.66. The summed E-state index contributed by atoms with van der Waals surface area (Å²) in [6, 6.07) is 1.14. The predicted octanol–water partition coefficient (Wildman–Crippen LogP) is 2.63. The van der Waals surface area contributed by atoms with Crippen LogP contribution in [0.15, 0.2) is 6.07 Å². The van der Waals surface area contributed by atoms with Crippen LogP contribution in [0.3, 0.4) is 0 Å². The van der Waals surface area contributed by atoms with Gasteiger partial charge in [-0.3, -0.25) is 0 Å². The van der Waals surface area contributed by atoms with Crippen LogP contribution in [0, 0.1) is 6.92 Å². The van der Waals surface area contributed by atoms with E-state index in [1.165, 1.54) is 6.92 Å². The minimum atomic E-state index is -5.69. The van der Waals surface area contributed by atoms with Gasteiger partial charge < -0.3 is 8.92 Å². The number of hydrogen-bond acceptors (Lipinski definition) is 5. The van der Waals surface area contributed by atoms with Crippen LogP contribution in [0.4, 0.5) is 13.2 Å². The van der Waals surface area contributed by atoms with Gasteiger partial charge in [0.25, 0.3) is 0 Å². The molecular weight excluding hydrogens is 325 g/mol. The van der Waals surface area contributed by atoms with E-state index in [1.807, 2.05) is 6.92 Å². The summed E-state index contributed by atoms with van der Waals surface area (Å²) in [7, 11) is -5.69. The minimum Gasteiger partial charge on any atom is -0.381 e. The molecular formula is C12H19F3N2O4S. The summed E-state index contributed by atoms with van der Waals surface area (Å²) < 4.78 is 69.5. The quantitative estimate of drug-likeness (QED) is 0.391. The summed E-state index contributed by atoms with van der Waals surface area (Å²) in [5.74, 6) is -0.455. The van der Waals surface area contributed by atoms with E-state index in [1.54, 1.807) is 0 Å². The first kappa shape index (κ1) is 18.8. The summed E-state index contributed by atoms with van der Waals surface area (Å²) in [6.45, 7) is 4.77. The van der Waals surface area contributed by atoms with Crippen LogP contribution >= 0.6 is 0 Å². The van der Waals surface area contributed by atoms with Gasteiger partial charge in [0.2, 0.25) is 5.88 Å². The van der Waals surface area contributed by atoms with Crippen molar-refractivity contribution in [3.05, 3.63) is 11.8 Å². The molecule has 0 amide bonds. The number of ether oxygens (including phenoxy) is 1. The monoisotopic (exact) mass is 344 g/mol. The molecule has 1 rings (SSSR count). The summed E-state index contributed by atoms with van der Waals surface area (Å²) in [5, 5.41) is 3.92. The number of hydrogen-bond donors (Lipinski definition) is 0. The Morgan fingerprint density at radius 3 is 2.50 bits per heavy atom. The highest BCUT2D eigenvalue weighted by Gasteiger charge is 2.49. The van der Waals surface area contributed by atoms with Crippen LogP contribution in [-0.4, -0.2) is 36.9 Å². The molecule has 0 aromatic carbocycles. The molecule has 0 aliphatic heterocycles. The fraction of sp³-hybridized carbons (Fsp3) is 0.750. The van der Waals surface area contributed by atoms with Crippen molar-refractivity contribution in [3.63, 3.8) is 0 Å². The van der Waals surface area contributed by atoms with E-state index in [9.17, 15) is 21.6 Å². The second-order valence-electron chi connectivity index (χ2n) is 4.65. The van der Waals surface area contributed by atoms with Gasteiger partial charge >= 0.3 is 15.6 Å². The lowest BCUT2D eigenvalue weighted by Crippen LogP contribution is -2.29. The third kappa shape index (κ3) is 5.48. The number of aryl methyl sites for hydroxylation is 2. The van der Waals surface area contributed by atoms with Crippen molar-refractivity contribution >= 4 is 10.1 Å². The first-order valence-corrected chi connectivity index (χ1v) is 8.21. The van der Waals surface area contributed by atoms with Crippen molar-refractivity contribution in [3.8, 4) is 5.88 Å². The molecule has 0 saturated carbocycles. The van der Waals surface area contributed by atoms with E-state index >= 15 is 0 Å². The van der Waals surface area contributed by atoms with Crippen molar-refractivity contribution in [2.45, 2.75) is 45.2 Å². The van der Waals surface area contributed by atoms with Gasteiger partial charge in [0.05, 0.1) is 5.69 Å². The Balaban J connectivity index is 2.63. The molecule has 128 valence electrons. The predicted molar refractivity (Wildman–Crippen MR) is 72.9 cm³/mol. The first-order chi connectivity index (χ1) is 10.2. The highest BCUT2D eigenvalue weighted by molar-refractivity contribution is 7.87. The van der Waals surface area contributed by atoms with Crippen LogP contribution in [0.5, 0.6) is 5.88 Å². The number of aromatic nitrogens is 2. The van der Waals surface area contributed by atoms with Crippen molar-refractivity contribution in [2.75, 3.05) is 13.2 Å². The fourth-order valence-corrected chi connectivity index (χ4v) is 2.03. The van der Waals surface area contributed by atoms with Crippen LogP contribution in [0.2, 0.25) is 0 Å². The molecule has 6 nitrogen and oxygen atoms in total. The molecule has 0 spiro atoms. The van der Waals surface area contributed by atoms with Crippen LogP contribution < -0.4 is 4.18 Å². The van der Waals surface area contributed by atoms with Gasteiger partial charge in [-0.25, -0.2) is 4.68 Å². The van der Waals surface area contributed by atoms with Gasteiger partial charge in [-0.1, -0.05) is 13.3 Å². The van der Waals surface area contributed by atoms with E-state index < -0.39 is 21.5 Å². The van der Waals surface area contributed by atoms with Gasteiger partial charge in [-0.15, -0.1) is 0 Å². The number of nitrogens with zero attached hydrogens (tertiary/aromatic N) is 2. The summed E-state index contributed by atoms with van der Waals surface area (Å²) in [5.41, 5.74) is -5.11. The number of halogens is 3. The second-order valence-corrected chi connectivity index (χ2v) is 6.19. The summed E-state index contributed by atoms with van der Waals surface area (Å²) in [6.07, 6.45) is 2.41. The van der Waals surface area contributed by atoms with E-state index in [0.29, 0.717) is 25.3 Å². The molecule has 0 saturated heterocycles. The topological polar surface area (TPSA) is 70.4 Å². The zero-order valence-electron chi connectivity index (χ0n) is 12.4. The molecule has 0 radical (unpaired) electrons. The number of rotatable bonds is 9. The zero-order chi connectivity index (χ0) is 16.8. The largest absolute Gasteiger partial charge is 0.534 e. The Labute approximate surface area is 127 Å². The third-order valence-corrected chi connectivity index (χ3v) is 3.60. The van der Waals surface area contributed by atoms with Gasteiger partial charge in [-0.2, -0.15) is 26.7 Å². The fourth-order valence-electron chi connectivity index (χ4n) is 1.57. The molecule has 0 unspecified atom stereocenters. The molecule has 1 heterocycles. The lowest BCUT2D eigenvalue weighted by molar-refractivity contribution is -0.0502. The van der Waals surface area contributed by atoms with Crippen LogP contribution in [0.1, 0.15) is 31.9 Å². The van der Waals surface area contributed by atoms with Crippen LogP contribution in [-0.2, 0) is 21.4 Å². The lowest BCUT2D eigenvalue weighted by Gasteiger charge is -2.11. The Hall–Kier alpha value is -1.29. The second kappa shape index (κ2) is 7.82. The molecule has 0 atom stereocenters. The van der Waals surface area contributed by atoms with Crippen molar-refractivity contribution in [2.24, 2.45) is 0 Å². The van der Waals surface area contributed by atoms with Gasteiger partial charge in [0.15, 0.2) is 0 Å². The molecule has 22 heavy (non-hydrogen) atoms. The third-order valence-electron chi connectivity index (χ3n) is 2.64. The Morgan fingerprint density at radius 1 is 1.27 bits per heavy atom. The molecule has 0 fully saturated rings. The molecule has 1 aromatic rings. The SMILES string of the molecule is CCCCOCCCn1nc(C)cc1OS(=O)(=O)C(F)(F)F. The number of alkyl halides is 3. The smallest absolute Gasteiger partial charge is 0.381 e. The highest BCUT2D eigenvalue weighted by Crippen LogP contribution is 2.27. The maximum atomic E-state index is 12.3. The average molecular weight is 344 g/mol. The van der Waals surface area contributed by atoms with Gasteiger partial charge in [0, 0.05) is 25.8 Å². The van der Waals surface area contributed by atoms with Crippen molar-refractivity contribution in [1.29, 1.82) is 0 Å². The molecule has 1 aromatic heterocycles. The van der Waals surface area contributed by atoms with Crippen LogP contribution in [0.25, 0.3) is 0 Å². The van der Waals surface area contributed by atoms with Gasteiger partial charge in [-0.05, 0) is 19.8 Å². The minimum absolute atomic E-state index is 0.197. The Bertz CT molecular complexity index is 569. The van der Waals surface area contributed by atoms with E-state index in [0.717, 1.165) is 23.6 Å².